The highest BCUT2D eigenvalue weighted by Gasteiger charge is 2.31. The molecule has 0 aliphatic rings. The van der Waals surface area contributed by atoms with Gasteiger partial charge in [0.1, 0.15) is 17.1 Å². The number of amides is 1. The predicted molar refractivity (Wildman–Crippen MR) is 161 cm³/mol. The van der Waals surface area contributed by atoms with Crippen LogP contribution in [0.1, 0.15) is 31.9 Å². The molecule has 0 spiro atoms. The van der Waals surface area contributed by atoms with Gasteiger partial charge < -0.3 is 9.72 Å². The van der Waals surface area contributed by atoms with Crippen LogP contribution in [-0.2, 0) is 35.9 Å². The van der Waals surface area contributed by atoms with Gasteiger partial charge in [0.2, 0.25) is 19.7 Å². The molecule has 1 amide bonds. The van der Waals surface area contributed by atoms with E-state index < -0.39 is 58.9 Å². The number of aromatic nitrogens is 3. The minimum absolute atomic E-state index is 0.0300. The molecule has 0 atom stereocenters. The summed E-state index contributed by atoms with van der Waals surface area (Å²) in [5.41, 5.74) is 0.0896. The maximum atomic E-state index is 15.1. The Balaban J connectivity index is 1.76. The number of carbonyl (C=O) groups is 1. The van der Waals surface area contributed by atoms with Gasteiger partial charge in [-0.2, -0.15) is 0 Å². The third-order valence-electron chi connectivity index (χ3n) is 6.45. The summed E-state index contributed by atoms with van der Waals surface area (Å²) in [4.78, 5) is 25.2. The molecule has 2 aromatic heterocycles. The number of H-pyrrole nitrogens is 1. The highest BCUT2D eigenvalue weighted by Crippen LogP contribution is 2.37. The topological polar surface area (TPSA) is 139 Å². The number of rotatable bonds is 7. The average Bonchev–Trinajstić information content (AvgIpc) is 3.29. The van der Waals surface area contributed by atoms with Gasteiger partial charge in [-0.3, -0.25) is 4.90 Å². The van der Waals surface area contributed by atoms with Crippen molar-refractivity contribution in [1.82, 2.24) is 15.0 Å². The first-order valence-corrected chi connectivity index (χ1v) is 16.5. The van der Waals surface area contributed by atoms with Crippen LogP contribution in [0.4, 0.5) is 14.9 Å². The molecule has 10 nitrogen and oxygen atoms in total. The monoisotopic (exact) mass is 624 g/mol. The molecule has 0 aliphatic heterocycles. The molecule has 1 N–H and O–H groups in total. The zero-order valence-electron chi connectivity index (χ0n) is 23.8. The molecule has 3 aromatic carbocycles. The van der Waals surface area contributed by atoms with Crippen molar-refractivity contribution in [2.24, 2.45) is 0 Å². The van der Waals surface area contributed by atoms with Crippen molar-refractivity contribution in [3.63, 3.8) is 0 Å². The van der Waals surface area contributed by atoms with Gasteiger partial charge in [0, 0.05) is 12.4 Å². The Morgan fingerprint density at radius 3 is 2.00 bits per heavy atom. The lowest BCUT2D eigenvalue weighted by molar-refractivity contribution is 0.0589. The number of nitrogens with one attached hydrogen (secondary N) is 1. The molecule has 0 radical (unpaired) electrons. The van der Waals surface area contributed by atoms with Gasteiger partial charge in [-0.15, -0.1) is 0 Å². The lowest BCUT2D eigenvalue weighted by Gasteiger charge is -2.25. The molecule has 2 heterocycles. The quantitative estimate of drug-likeness (QED) is 0.183. The van der Waals surface area contributed by atoms with E-state index in [0.717, 1.165) is 17.0 Å². The number of hydrogen-bond acceptors (Lipinski definition) is 8. The van der Waals surface area contributed by atoms with Gasteiger partial charge in [-0.25, -0.2) is 36.0 Å². The van der Waals surface area contributed by atoms with E-state index in [9.17, 15) is 21.6 Å². The molecule has 0 unspecified atom stereocenters. The highest BCUT2D eigenvalue weighted by molar-refractivity contribution is 7.91. The largest absolute Gasteiger partial charge is 0.443 e. The number of hydrogen-bond donors (Lipinski definition) is 1. The van der Waals surface area contributed by atoms with Crippen LogP contribution in [-0.4, -0.2) is 50.5 Å². The lowest BCUT2D eigenvalue weighted by Crippen LogP contribution is -2.34. The molecule has 43 heavy (non-hydrogen) atoms. The first-order valence-electron chi connectivity index (χ1n) is 13.2. The van der Waals surface area contributed by atoms with Crippen molar-refractivity contribution in [2.45, 2.75) is 48.1 Å². The smallest absolute Gasteiger partial charge is 0.414 e. The van der Waals surface area contributed by atoms with Crippen LogP contribution < -0.4 is 4.90 Å². The first kappa shape index (κ1) is 30.1. The van der Waals surface area contributed by atoms with Crippen LogP contribution in [0.15, 0.2) is 83.0 Å². The summed E-state index contributed by atoms with van der Waals surface area (Å²) in [5, 5.41) is -1.32. The zero-order valence-corrected chi connectivity index (χ0v) is 25.5. The zero-order chi connectivity index (χ0) is 31.2. The summed E-state index contributed by atoms with van der Waals surface area (Å²) in [7, 11) is -7.16. The summed E-state index contributed by atoms with van der Waals surface area (Å²) in [6.45, 7) is 5.04. The van der Waals surface area contributed by atoms with E-state index in [1.54, 1.807) is 81.4 Å². The van der Waals surface area contributed by atoms with Gasteiger partial charge in [0.15, 0.2) is 5.03 Å². The Labute approximate surface area is 248 Å². The molecule has 0 fully saturated rings. The summed E-state index contributed by atoms with van der Waals surface area (Å²) in [6, 6.07) is 18.8. The fourth-order valence-electron chi connectivity index (χ4n) is 4.57. The predicted octanol–water partition coefficient (Wildman–Crippen LogP) is 5.57. The van der Waals surface area contributed by atoms with E-state index in [1.165, 1.54) is 7.05 Å². The number of ether oxygens (including phenoxy) is 1. The maximum Gasteiger partial charge on any atom is 0.414 e. The maximum absolute atomic E-state index is 15.1. The Hall–Kier alpha value is -4.36. The third kappa shape index (κ3) is 6.37. The average molecular weight is 625 g/mol. The molecular formula is C30H29FN4O6S2. The summed E-state index contributed by atoms with van der Waals surface area (Å²) < 4.78 is 75.2. The minimum Gasteiger partial charge on any atom is -0.443 e. The van der Waals surface area contributed by atoms with Crippen LogP contribution in [0.25, 0.3) is 21.9 Å². The normalized spacial score (nSPS) is 12.5. The summed E-state index contributed by atoms with van der Waals surface area (Å²) in [6.07, 6.45) is -0.785. The number of halogens is 1. The van der Waals surface area contributed by atoms with Gasteiger partial charge >= 0.3 is 6.09 Å². The molecule has 224 valence electrons. The Morgan fingerprint density at radius 1 is 0.884 bits per heavy atom. The summed E-state index contributed by atoms with van der Waals surface area (Å²) in [5.74, 6) is -1.74. The highest BCUT2D eigenvalue weighted by atomic mass is 32.2. The van der Waals surface area contributed by atoms with E-state index >= 15 is 4.39 Å². The standard InChI is InChI=1S/C30H29FN4O6S2/c1-30(2,3)41-29(36)35(4)23-16-21(31)15-22-24-26(32-25(22)23)33-28(43(39,40)18-20-13-9-6-10-14-20)34-27(24)42(37,38)17-19-11-7-5-8-12-19/h5-16H,17-18H2,1-4H3,(H,32,33,34). The number of aromatic amines is 1. The van der Waals surface area contributed by atoms with Crippen molar-refractivity contribution in [3.05, 3.63) is 89.7 Å². The van der Waals surface area contributed by atoms with Crippen molar-refractivity contribution >= 4 is 53.4 Å². The lowest BCUT2D eigenvalue weighted by atomic mass is 10.1. The van der Waals surface area contributed by atoms with Gasteiger partial charge in [0.25, 0.3) is 5.16 Å². The first-order chi connectivity index (χ1) is 20.1. The molecule has 0 saturated heterocycles. The van der Waals surface area contributed by atoms with Crippen molar-refractivity contribution in [2.75, 3.05) is 11.9 Å². The second-order valence-corrected chi connectivity index (χ2v) is 14.8. The van der Waals surface area contributed by atoms with Crippen molar-refractivity contribution in [1.29, 1.82) is 0 Å². The van der Waals surface area contributed by atoms with Crippen LogP contribution in [0.3, 0.4) is 0 Å². The fourth-order valence-corrected chi connectivity index (χ4v) is 7.36. The van der Waals surface area contributed by atoms with E-state index in [-0.39, 0.29) is 27.6 Å². The molecule has 5 rings (SSSR count). The number of benzene rings is 3. The number of fused-ring (bicyclic) bond motifs is 3. The Bertz CT molecular complexity index is 2060. The van der Waals surface area contributed by atoms with E-state index in [2.05, 4.69) is 15.0 Å². The Morgan fingerprint density at radius 2 is 1.44 bits per heavy atom. The van der Waals surface area contributed by atoms with Crippen molar-refractivity contribution in [3.8, 4) is 0 Å². The second-order valence-electron chi connectivity index (χ2n) is 11.0. The number of nitrogens with zero attached hydrogens (tertiary/aromatic N) is 3. The molecule has 0 aliphatic carbocycles. The number of sulfone groups is 2. The van der Waals surface area contributed by atoms with Crippen molar-refractivity contribution < 1.29 is 30.8 Å². The molecule has 0 bridgehead atoms. The minimum atomic E-state index is -4.31. The molecular weight excluding hydrogens is 595 g/mol. The SMILES string of the molecule is CN(C(=O)OC(C)(C)C)c1cc(F)cc2c1[nH]c1nc(S(=O)(=O)Cc3ccccc3)nc(S(=O)(=O)Cc3ccccc3)c12. The van der Waals surface area contributed by atoms with E-state index in [1.807, 2.05) is 0 Å². The molecule has 0 saturated carbocycles. The van der Waals surface area contributed by atoms with Crippen LogP contribution in [0.5, 0.6) is 0 Å². The molecule has 5 aromatic rings. The fraction of sp³-hybridized carbons (Fsp3) is 0.233. The van der Waals surface area contributed by atoms with E-state index in [0.29, 0.717) is 11.1 Å². The second kappa shape index (κ2) is 11.0. The van der Waals surface area contributed by atoms with Gasteiger partial charge in [-0.05, 0) is 44.0 Å². The number of anilines is 1. The third-order valence-corrected chi connectivity index (χ3v) is 9.50. The van der Waals surface area contributed by atoms with E-state index in [4.69, 9.17) is 4.74 Å². The van der Waals surface area contributed by atoms with Crippen LogP contribution >= 0.6 is 0 Å². The molecule has 13 heteroatoms. The summed E-state index contributed by atoms with van der Waals surface area (Å²) >= 11 is 0. The van der Waals surface area contributed by atoms with Gasteiger partial charge in [-0.1, -0.05) is 60.7 Å². The van der Waals surface area contributed by atoms with Crippen LogP contribution in [0, 0.1) is 5.82 Å². The van der Waals surface area contributed by atoms with Crippen LogP contribution in [0.2, 0.25) is 0 Å². The van der Waals surface area contributed by atoms with Gasteiger partial charge in [0.05, 0.1) is 28.1 Å². The Kier molecular flexibility index (Phi) is 7.73. The number of carbonyl (C=O) groups excluding carboxylic acids is 1.